The van der Waals surface area contributed by atoms with Gasteiger partial charge in [0.15, 0.2) is 11.5 Å². The Bertz CT molecular complexity index is 380. The highest BCUT2D eigenvalue weighted by atomic mass is 16.5. The number of aromatic hydroxyl groups is 1. The number of phenols is 1. The van der Waals surface area contributed by atoms with Crippen molar-refractivity contribution in [3.63, 3.8) is 0 Å². The van der Waals surface area contributed by atoms with Gasteiger partial charge in [-0.15, -0.1) is 0 Å². The first kappa shape index (κ1) is 10.1. The van der Waals surface area contributed by atoms with Crippen LogP contribution in [0.5, 0.6) is 11.5 Å². The summed E-state index contributed by atoms with van der Waals surface area (Å²) in [4.78, 5) is 10.9. The molecule has 0 fully saturated rings. The lowest BCUT2D eigenvalue weighted by Crippen LogP contribution is -2.03. The van der Waals surface area contributed by atoms with Gasteiger partial charge in [-0.2, -0.15) is 0 Å². The maximum absolute atomic E-state index is 10.9. The summed E-state index contributed by atoms with van der Waals surface area (Å²) >= 11 is 0. The molecule has 3 heteroatoms. The van der Waals surface area contributed by atoms with Gasteiger partial charge in [-0.3, -0.25) is 0 Å². The Morgan fingerprint density at radius 2 is 2.14 bits per heavy atom. The molecule has 0 aliphatic carbocycles. The minimum absolute atomic E-state index is 0.0994. The monoisotopic (exact) mass is 190 g/mol. The highest BCUT2D eigenvalue weighted by Gasteiger charge is 2.07. The molecule has 0 amide bonds. The Morgan fingerprint density at radius 3 is 2.71 bits per heavy atom. The van der Waals surface area contributed by atoms with Crippen molar-refractivity contribution in [1.29, 1.82) is 0 Å². The van der Waals surface area contributed by atoms with Crippen molar-refractivity contribution >= 4 is 12.0 Å². The largest absolute Gasteiger partial charge is 0.504 e. The molecule has 1 aromatic carbocycles. The number of benzene rings is 1. The van der Waals surface area contributed by atoms with Crippen molar-refractivity contribution in [2.75, 3.05) is 0 Å². The van der Waals surface area contributed by atoms with E-state index in [4.69, 9.17) is 4.74 Å². The molecule has 1 aromatic rings. The van der Waals surface area contributed by atoms with Gasteiger partial charge in [0, 0.05) is 11.6 Å². The fourth-order valence-electron chi connectivity index (χ4n) is 0.936. The predicted octanol–water partition coefficient (Wildman–Crippen LogP) is 2.13. The molecule has 0 atom stereocenters. The van der Waals surface area contributed by atoms with Gasteiger partial charge in [0.25, 0.3) is 0 Å². The summed E-state index contributed by atoms with van der Waals surface area (Å²) in [6.45, 7) is 6.76. The van der Waals surface area contributed by atoms with Crippen LogP contribution in [0.25, 0.3) is 6.08 Å². The molecule has 0 aliphatic rings. The molecule has 3 nitrogen and oxygen atoms in total. The molecule has 0 spiro atoms. The summed E-state index contributed by atoms with van der Waals surface area (Å²) < 4.78 is 4.78. The van der Waals surface area contributed by atoms with E-state index in [2.05, 4.69) is 13.2 Å². The third-order valence-electron chi connectivity index (χ3n) is 1.63. The van der Waals surface area contributed by atoms with Gasteiger partial charge in [0.1, 0.15) is 0 Å². The molecule has 0 unspecified atom stereocenters. The van der Waals surface area contributed by atoms with Gasteiger partial charge >= 0.3 is 5.97 Å². The van der Waals surface area contributed by atoms with E-state index < -0.39 is 5.97 Å². The van der Waals surface area contributed by atoms with Gasteiger partial charge in [-0.05, 0) is 6.07 Å². The Kier molecular flexibility index (Phi) is 3.07. The van der Waals surface area contributed by atoms with E-state index in [1.165, 1.54) is 12.1 Å². The molecule has 14 heavy (non-hydrogen) atoms. The Balaban J connectivity index is 3.03. The van der Waals surface area contributed by atoms with Crippen LogP contribution in [0.1, 0.15) is 5.56 Å². The predicted molar refractivity (Wildman–Crippen MR) is 54.0 cm³/mol. The lowest BCUT2D eigenvalue weighted by atomic mass is 10.2. The molecule has 0 bridgehead atoms. The first-order valence-corrected chi connectivity index (χ1v) is 3.97. The van der Waals surface area contributed by atoms with Gasteiger partial charge in [-0.25, -0.2) is 4.79 Å². The SMILES string of the molecule is C=CC(=O)Oc1cccc(C=C)c1O. The lowest BCUT2D eigenvalue weighted by Gasteiger charge is -2.05. The second-order valence-electron chi connectivity index (χ2n) is 2.52. The molecule has 0 aromatic heterocycles. The topological polar surface area (TPSA) is 46.5 Å². The Labute approximate surface area is 81.9 Å². The van der Waals surface area contributed by atoms with E-state index in [0.29, 0.717) is 5.56 Å². The van der Waals surface area contributed by atoms with E-state index in [1.807, 2.05) is 0 Å². The molecule has 0 aliphatic heterocycles. The number of rotatable bonds is 3. The fraction of sp³-hybridized carbons (Fsp3) is 0. The number of carbonyl (C=O) groups excluding carboxylic acids is 1. The Morgan fingerprint density at radius 1 is 1.43 bits per heavy atom. The number of para-hydroxylation sites is 1. The summed E-state index contributed by atoms with van der Waals surface area (Å²) in [6.07, 6.45) is 2.50. The summed E-state index contributed by atoms with van der Waals surface area (Å²) in [6, 6.07) is 4.81. The van der Waals surface area contributed by atoms with Crippen LogP contribution >= 0.6 is 0 Å². The summed E-state index contributed by atoms with van der Waals surface area (Å²) in [5.41, 5.74) is 0.513. The minimum atomic E-state index is -0.610. The zero-order valence-electron chi connectivity index (χ0n) is 7.56. The number of hydrogen-bond acceptors (Lipinski definition) is 3. The van der Waals surface area contributed by atoms with Crippen LogP contribution in [0.15, 0.2) is 37.4 Å². The van der Waals surface area contributed by atoms with Gasteiger partial charge in [0.2, 0.25) is 0 Å². The van der Waals surface area contributed by atoms with Crippen LogP contribution in [0.3, 0.4) is 0 Å². The molecule has 0 saturated heterocycles. The molecule has 0 radical (unpaired) electrons. The highest BCUT2D eigenvalue weighted by molar-refractivity contribution is 5.84. The number of ether oxygens (including phenoxy) is 1. The molecule has 1 N–H and O–H groups in total. The molecule has 1 rings (SSSR count). The number of carbonyl (C=O) groups is 1. The van der Waals surface area contributed by atoms with Crippen LogP contribution in [0, 0.1) is 0 Å². The second kappa shape index (κ2) is 4.28. The first-order chi connectivity index (χ1) is 6.69. The third kappa shape index (κ3) is 2.01. The van der Waals surface area contributed by atoms with Crippen molar-refractivity contribution in [3.8, 4) is 11.5 Å². The molecular formula is C11H10O3. The normalized spacial score (nSPS) is 9.14. The zero-order valence-corrected chi connectivity index (χ0v) is 7.56. The Hall–Kier alpha value is -2.03. The van der Waals surface area contributed by atoms with Crippen LogP contribution in [0.2, 0.25) is 0 Å². The van der Waals surface area contributed by atoms with Crippen molar-refractivity contribution in [3.05, 3.63) is 43.0 Å². The van der Waals surface area contributed by atoms with Crippen LogP contribution in [0.4, 0.5) is 0 Å². The van der Waals surface area contributed by atoms with Crippen molar-refractivity contribution in [2.45, 2.75) is 0 Å². The number of phenolic OH excluding ortho intramolecular Hbond substituents is 1. The molecule has 0 heterocycles. The van der Waals surface area contributed by atoms with Gasteiger partial charge in [0.05, 0.1) is 0 Å². The summed E-state index contributed by atoms with van der Waals surface area (Å²) in [5.74, 6) is -0.605. The van der Waals surface area contributed by atoms with E-state index >= 15 is 0 Å². The van der Waals surface area contributed by atoms with Crippen LogP contribution in [-0.4, -0.2) is 11.1 Å². The van der Waals surface area contributed by atoms with Crippen molar-refractivity contribution in [1.82, 2.24) is 0 Å². The highest BCUT2D eigenvalue weighted by Crippen LogP contribution is 2.30. The maximum Gasteiger partial charge on any atom is 0.335 e. The smallest absolute Gasteiger partial charge is 0.335 e. The summed E-state index contributed by atoms with van der Waals surface area (Å²) in [7, 11) is 0. The summed E-state index contributed by atoms with van der Waals surface area (Å²) in [5, 5.41) is 9.55. The standard InChI is InChI=1S/C11H10O3/c1-3-8-6-5-7-9(11(8)13)14-10(12)4-2/h3-7,13H,1-2H2. The van der Waals surface area contributed by atoms with E-state index in [-0.39, 0.29) is 11.5 Å². The van der Waals surface area contributed by atoms with Crippen LogP contribution in [-0.2, 0) is 4.79 Å². The third-order valence-corrected chi connectivity index (χ3v) is 1.63. The number of esters is 1. The lowest BCUT2D eigenvalue weighted by molar-refractivity contribution is -0.129. The average Bonchev–Trinajstić information content (AvgIpc) is 2.21. The van der Waals surface area contributed by atoms with Crippen molar-refractivity contribution < 1.29 is 14.6 Å². The molecule has 0 saturated carbocycles. The fourth-order valence-corrected chi connectivity index (χ4v) is 0.936. The maximum atomic E-state index is 10.9. The quantitative estimate of drug-likeness (QED) is 0.451. The van der Waals surface area contributed by atoms with E-state index in [1.54, 1.807) is 12.1 Å². The molecule has 72 valence electrons. The molecular weight excluding hydrogens is 180 g/mol. The number of hydrogen-bond donors (Lipinski definition) is 1. The van der Waals surface area contributed by atoms with Gasteiger partial charge < -0.3 is 9.84 Å². The minimum Gasteiger partial charge on any atom is -0.504 e. The second-order valence-corrected chi connectivity index (χ2v) is 2.52. The zero-order chi connectivity index (χ0) is 10.6. The van der Waals surface area contributed by atoms with Gasteiger partial charge in [-0.1, -0.05) is 31.4 Å². The van der Waals surface area contributed by atoms with E-state index in [0.717, 1.165) is 6.08 Å². The average molecular weight is 190 g/mol. The first-order valence-electron chi connectivity index (χ1n) is 3.97. The van der Waals surface area contributed by atoms with Crippen molar-refractivity contribution in [2.24, 2.45) is 0 Å². The van der Waals surface area contributed by atoms with E-state index in [9.17, 15) is 9.90 Å². The van der Waals surface area contributed by atoms with Crippen LogP contribution < -0.4 is 4.74 Å².